The molecule has 2 heterocycles. The van der Waals surface area contributed by atoms with E-state index in [1.807, 2.05) is 13.8 Å². The molecule has 5 nitrogen and oxygen atoms in total. The van der Waals surface area contributed by atoms with E-state index in [-0.39, 0.29) is 11.8 Å². The molecule has 0 unspecified atom stereocenters. The number of para-hydroxylation sites is 1. The van der Waals surface area contributed by atoms with E-state index >= 15 is 0 Å². The van der Waals surface area contributed by atoms with Gasteiger partial charge in [-0.1, -0.05) is 17.3 Å². The minimum absolute atomic E-state index is 0.158. The molecule has 1 aromatic heterocycles. The van der Waals surface area contributed by atoms with Crippen LogP contribution in [0.15, 0.2) is 22.7 Å². The maximum atomic E-state index is 12.7. The molecule has 24 heavy (non-hydrogen) atoms. The van der Waals surface area contributed by atoms with E-state index in [9.17, 15) is 4.79 Å². The van der Waals surface area contributed by atoms with Gasteiger partial charge in [0.1, 0.15) is 5.69 Å². The molecule has 5 heteroatoms. The highest BCUT2D eigenvalue weighted by molar-refractivity contribution is 5.87. The molecule has 3 aliphatic rings. The Kier molecular flexibility index (Phi) is 2.90. The van der Waals surface area contributed by atoms with Crippen LogP contribution in [0.25, 0.3) is 11.0 Å². The monoisotopic (exact) mass is 325 g/mol. The number of nitrogens with one attached hydrogen (secondary N) is 2. The lowest BCUT2D eigenvalue weighted by Gasteiger charge is -2.24. The van der Waals surface area contributed by atoms with E-state index in [4.69, 9.17) is 4.52 Å². The van der Waals surface area contributed by atoms with Crippen molar-refractivity contribution in [2.45, 2.75) is 38.1 Å². The van der Waals surface area contributed by atoms with Crippen LogP contribution in [0.3, 0.4) is 0 Å². The second-order valence-electron chi connectivity index (χ2n) is 8.16. The molecule has 1 aliphatic heterocycles. The normalized spacial score (nSPS) is 28.8. The SMILES string of the molecule is CC(C)(NC(=O)[C@H]1[C@@H]2CNC[C@@H]21)c1noc2c(C3CC3)cccc12. The van der Waals surface area contributed by atoms with Crippen molar-refractivity contribution in [3.8, 4) is 0 Å². The van der Waals surface area contributed by atoms with Crippen molar-refractivity contribution in [2.75, 3.05) is 13.1 Å². The summed E-state index contributed by atoms with van der Waals surface area (Å²) in [5.41, 5.74) is 2.45. The van der Waals surface area contributed by atoms with Crippen LogP contribution in [0, 0.1) is 17.8 Å². The molecule has 2 aliphatic carbocycles. The van der Waals surface area contributed by atoms with Crippen LogP contribution in [0.4, 0.5) is 0 Å². The molecule has 126 valence electrons. The quantitative estimate of drug-likeness (QED) is 0.906. The van der Waals surface area contributed by atoms with Crippen LogP contribution >= 0.6 is 0 Å². The summed E-state index contributed by atoms with van der Waals surface area (Å²) >= 11 is 0. The van der Waals surface area contributed by atoms with Gasteiger partial charge in [-0.3, -0.25) is 4.79 Å². The first-order valence-corrected chi connectivity index (χ1v) is 8.98. The fourth-order valence-electron chi connectivity index (χ4n) is 4.41. The second-order valence-corrected chi connectivity index (χ2v) is 8.16. The van der Waals surface area contributed by atoms with Crippen LogP contribution in [-0.4, -0.2) is 24.2 Å². The highest BCUT2D eigenvalue weighted by Gasteiger charge is 2.57. The predicted octanol–water partition coefficient (Wildman–Crippen LogP) is 2.52. The predicted molar refractivity (Wildman–Crippen MR) is 90.5 cm³/mol. The van der Waals surface area contributed by atoms with Crippen molar-refractivity contribution < 1.29 is 9.32 Å². The van der Waals surface area contributed by atoms with Gasteiger partial charge in [0.25, 0.3) is 0 Å². The lowest BCUT2D eigenvalue weighted by molar-refractivity contribution is -0.124. The molecule has 2 aromatic rings. The summed E-state index contributed by atoms with van der Waals surface area (Å²) in [6.45, 7) is 5.98. The summed E-state index contributed by atoms with van der Waals surface area (Å²) < 4.78 is 5.69. The van der Waals surface area contributed by atoms with Gasteiger partial charge in [0.2, 0.25) is 5.91 Å². The van der Waals surface area contributed by atoms with Gasteiger partial charge in [-0.25, -0.2) is 0 Å². The average Bonchev–Trinajstić information content (AvgIpc) is 3.41. The van der Waals surface area contributed by atoms with Gasteiger partial charge in [-0.05, 0) is 63.6 Å². The number of hydrogen-bond acceptors (Lipinski definition) is 4. The number of aromatic nitrogens is 1. The Labute approximate surface area is 141 Å². The van der Waals surface area contributed by atoms with Crippen molar-refractivity contribution >= 4 is 16.9 Å². The Morgan fingerprint density at radius 1 is 1.29 bits per heavy atom. The summed E-state index contributed by atoms with van der Waals surface area (Å²) in [5, 5.41) is 11.9. The van der Waals surface area contributed by atoms with Gasteiger partial charge in [0.05, 0.1) is 5.54 Å². The van der Waals surface area contributed by atoms with Gasteiger partial charge in [-0.15, -0.1) is 0 Å². The highest BCUT2D eigenvalue weighted by atomic mass is 16.5. The minimum Gasteiger partial charge on any atom is -0.356 e. The first-order valence-electron chi connectivity index (χ1n) is 8.98. The minimum atomic E-state index is -0.533. The van der Waals surface area contributed by atoms with E-state index in [0.29, 0.717) is 17.8 Å². The molecule has 0 spiro atoms. The lowest BCUT2D eigenvalue weighted by atomic mass is 9.95. The maximum absolute atomic E-state index is 12.7. The van der Waals surface area contributed by atoms with Crippen LogP contribution in [0.2, 0.25) is 0 Å². The molecule has 0 bridgehead atoms. The third-order valence-electron chi connectivity index (χ3n) is 5.97. The maximum Gasteiger partial charge on any atom is 0.224 e. The van der Waals surface area contributed by atoms with Gasteiger partial charge < -0.3 is 15.2 Å². The number of hydrogen-bond donors (Lipinski definition) is 2. The standard InChI is InChI=1S/C19H23N3O2/c1-19(2,21-18(23)15-13-8-20-9-14(13)15)17-12-5-3-4-11(10-6-7-10)16(12)24-22-17/h3-5,10,13-15,20H,6-9H2,1-2H3,(H,21,23)/t13-,14+,15+. The van der Waals surface area contributed by atoms with Crippen molar-refractivity contribution in [3.63, 3.8) is 0 Å². The Balaban J connectivity index is 1.43. The fourth-order valence-corrected chi connectivity index (χ4v) is 4.41. The van der Waals surface area contributed by atoms with Crippen LogP contribution < -0.4 is 10.6 Å². The van der Waals surface area contributed by atoms with Crippen molar-refractivity contribution in [3.05, 3.63) is 29.5 Å². The molecule has 2 N–H and O–H groups in total. The number of amides is 1. The summed E-state index contributed by atoms with van der Waals surface area (Å²) in [6.07, 6.45) is 2.46. The Bertz CT molecular complexity index is 811. The molecule has 1 saturated heterocycles. The number of benzene rings is 1. The van der Waals surface area contributed by atoms with E-state index in [1.165, 1.54) is 18.4 Å². The molecule has 5 rings (SSSR count). The zero-order chi connectivity index (χ0) is 16.5. The Hall–Kier alpha value is -1.88. The topological polar surface area (TPSA) is 67.2 Å². The summed E-state index contributed by atoms with van der Waals surface area (Å²) in [7, 11) is 0. The second kappa shape index (κ2) is 4.82. The Morgan fingerprint density at radius 3 is 2.75 bits per heavy atom. The van der Waals surface area contributed by atoms with Crippen LogP contribution in [0.5, 0.6) is 0 Å². The molecule has 2 saturated carbocycles. The fraction of sp³-hybridized carbons (Fsp3) is 0.579. The van der Waals surface area contributed by atoms with Crippen LogP contribution in [-0.2, 0) is 10.3 Å². The number of carbonyl (C=O) groups excluding carboxylic acids is 1. The number of rotatable bonds is 4. The van der Waals surface area contributed by atoms with E-state index in [1.54, 1.807) is 0 Å². The highest BCUT2D eigenvalue weighted by Crippen LogP contribution is 2.49. The average molecular weight is 325 g/mol. The zero-order valence-corrected chi connectivity index (χ0v) is 14.1. The number of carbonyl (C=O) groups is 1. The van der Waals surface area contributed by atoms with Gasteiger partial charge in [0, 0.05) is 16.9 Å². The Morgan fingerprint density at radius 2 is 2.04 bits per heavy atom. The molecule has 3 atom stereocenters. The van der Waals surface area contributed by atoms with Gasteiger partial charge >= 0.3 is 0 Å². The number of nitrogens with zero attached hydrogens (tertiary/aromatic N) is 1. The summed E-state index contributed by atoms with van der Waals surface area (Å²) in [4.78, 5) is 12.7. The number of fused-ring (bicyclic) bond motifs is 2. The summed E-state index contributed by atoms with van der Waals surface area (Å²) in [5.74, 6) is 2.00. The lowest BCUT2D eigenvalue weighted by Crippen LogP contribution is -2.43. The van der Waals surface area contributed by atoms with Crippen molar-refractivity contribution in [2.24, 2.45) is 17.8 Å². The largest absolute Gasteiger partial charge is 0.356 e. The van der Waals surface area contributed by atoms with Gasteiger partial charge in [-0.2, -0.15) is 0 Å². The first-order chi connectivity index (χ1) is 11.6. The summed E-state index contributed by atoms with van der Waals surface area (Å²) in [6, 6.07) is 6.27. The number of piperidine rings is 1. The van der Waals surface area contributed by atoms with Crippen molar-refractivity contribution in [1.29, 1.82) is 0 Å². The van der Waals surface area contributed by atoms with E-state index in [2.05, 4.69) is 34.0 Å². The zero-order valence-electron chi connectivity index (χ0n) is 14.1. The first kappa shape index (κ1) is 14.5. The molecule has 1 amide bonds. The molecule has 1 aromatic carbocycles. The van der Waals surface area contributed by atoms with Crippen molar-refractivity contribution in [1.82, 2.24) is 15.8 Å². The molecular weight excluding hydrogens is 302 g/mol. The van der Waals surface area contributed by atoms with Gasteiger partial charge in [0.15, 0.2) is 5.58 Å². The molecular formula is C19H23N3O2. The molecule has 0 radical (unpaired) electrons. The van der Waals surface area contributed by atoms with E-state index in [0.717, 1.165) is 29.8 Å². The molecule has 3 fully saturated rings. The smallest absolute Gasteiger partial charge is 0.224 e. The van der Waals surface area contributed by atoms with Crippen LogP contribution in [0.1, 0.15) is 43.9 Å². The third kappa shape index (κ3) is 2.10. The van der Waals surface area contributed by atoms with E-state index < -0.39 is 5.54 Å². The third-order valence-corrected chi connectivity index (χ3v) is 5.97.